The molecule has 0 fully saturated rings. The van der Waals surface area contributed by atoms with E-state index in [9.17, 15) is 4.79 Å². The highest BCUT2D eigenvalue weighted by Gasteiger charge is 2.05. The molecule has 1 aromatic rings. The van der Waals surface area contributed by atoms with Gasteiger partial charge in [0.2, 0.25) is 0 Å². The van der Waals surface area contributed by atoms with Crippen LogP contribution >= 0.6 is 21.6 Å². The number of rotatable bonds is 6. The minimum absolute atomic E-state index is 0.338. The third kappa shape index (κ3) is 4.90. The second-order valence-corrected chi connectivity index (χ2v) is 4.94. The van der Waals surface area contributed by atoms with E-state index in [0.29, 0.717) is 11.5 Å². The molecule has 0 saturated carbocycles. The van der Waals surface area contributed by atoms with Crippen molar-refractivity contribution in [1.82, 2.24) is 4.98 Å². The summed E-state index contributed by atoms with van der Waals surface area (Å²) in [5.41, 5.74) is 0.479. The zero-order chi connectivity index (χ0) is 10.9. The van der Waals surface area contributed by atoms with Gasteiger partial charge in [0.15, 0.2) is 0 Å². The molecule has 0 atom stereocenters. The van der Waals surface area contributed by atoms with E-state index in [0.717, 1.165) is 5.75 Å². The van der Waals surface area contributed by atoms with Crippen molar-refractivity contribution in [3.05, 3.63) is 42.7 Å². The van der Waals surface area contributed by atoms with Gasteiger partial charge in [-0.3, -0.25) is 4.98 Å². The topological polar surface area (TPSA) is 39.2 Å². The number of esters is 1. The average Bonchev–Trinajstić information content (AvgIpc) is 2.30. The summed E-state index contributed by atoms with van der Waals surface area (Å²) in [5, 5.41) is 0. The van der Waals surface area contributed by atoms with Crippen LogP contribution in [0.2, 0.25) is 0 Å². The number of ether oxygens (including phenoxy) is 1. The van der Waals surface area contributed by atoms with Gasteiger partial charge in [-0.25, -0.2) is 4.79 Å². The van der Waals surface area contributed by atoms with Gasteiger partial charge in [-0.1, -0.05) is 27.7 Å². The lowest BCUT2D eigenvalue weighted by Crippen LogP contribution is -2.04. The lowest BCUT2D eigenvalue weighted by Gasteiger charge is -2.02. The van der Waals surface area contributed by atoms with Gasteiger partial charge in [-0.05, 0) is 12.1 Å². The first kappa shape index (κ1) is 12.1. The van der Waals surface area contributed by atoms with Crippen molar-refractivity contribution >= 4 is 27.6 Å². The predicted octanol–water partition coefficient (Wildman–Crippen LogP) is 2.76. The average molecular weight is 241 g/mol. The summed E-state index contributed by atoms with van der Waals surface area (Å²) in [4.78, 5) is 15.2. The van der Waals surface area contributed by atoms with Crippen LogP contribution in [-0.2, 0) is 4.74 Å². The number of aromatic nitrogens is 1. The molecule has 0 aliphatic carbocycles. The maximum atomic E-state index is 11.4. The fraction of sp³-hybridized carbons (Fsp3) is 0.200. The summed E-state index contributed by atoms with van der Waals surface area (Å²) in [6.07, 6.45) is 4.91. The van der Waals surface area contributed by atoms with Gasteiger partial charge < -0.3 is 4.74 Å². The monoisotopic (exact) mass is 241 g/mol. The summed E-state index contributed by atoms with van der Waals surface area (Å²) in [6.45, 7) is 3.59. The van der Waals surface area contributed by atoms with Crippen molar-refractivity contribution in [2.24, 2.45) is 0 Å². The number of hydrogen-bond acceptors (Lipinski definition) is 5. The molecule has 0 aromatic carbocycles. The Kier molecular flexibility index (Phi) is 5.96. The largest absolute Gasteiger partial charge is 0.450 e. The second-order valence-electron chi connectivity index (χ2n) is 2.48. The maximum absolute atomic E-state index is 11.4. The molecule has 15 heavy (non-hydrogen) atoms. The van der Waals surface area contributed by atoms with Gasteiger partial charge in [0.05, 0.1) is 5.56 Å². The zero-order valence-electron chi connectivity index (χ0n) is 8.09. The van der Waals surface area contributed by atoms with E-state index >= 15 is 0 Å². The minimum Gasteiger partial charge on any atom is -0.450 e. The van der Waals surface area contributed by atoms with Crippen LogP contribution in [0.15, 0.2) is 37.2 Å². The van der Waals surface area contributed by atoms with E-state index in [4.69, 9.17) is 4.74 Å². The van der Waals surface area contributed by atoms with Gasteiger partial charge in [-0.15, -0.1) is 6.58 Å². The molecule has 0 unspecified atom stereocenters. The Morgan fingerprint density at radius 2 is 2.47 bits per heavy atom. The first-order valence-electron chi connectivity index (χ1n) is 4.27. The number of hydrogen-bond donors (Lipinski definition) is 0. The zero-order valence-corrected chi connectivity index (χ0v) is 9.72. The van der Waals surface area contributed by atoms with Crippen LogP contribution in [0.4, 0.5) is 0 Å². The Morgan fingerprint density at radius 3 is 3.13 bits per heavy atom. The van der Waals surface area contributed by atoms with E-state index in [-0.39, 0.29) is 5.97 Å². The molecule has 0 spiro atoms. The third-order valence-corrected chi connectivity index (χ3v) is 3.35. The van der Waals surface area contributed by atoms with Crippen LogP contribution < -0.4 is 0 Å². The normalized spacial score (nSPS) is 9.60. The summed E-state index contributed by atoms with van der Waals surface area (Å²) in [7, 11) is 3.08. The van der Waals surface area contributed by atoms with E-state index in [1.54, 1.807) is 35.2 Å². The Morgan fingerprint density at radius 1 is 1.60 bits per heavy atom. The Balaban J connectivity index is 2.22. The summed E-state index contributed by atoms with van der Waals surface area (Å²) < 4.78 is 5.00. The summed E-state index contributed by atoms with van der Waals surface area (Å²) >= 11 is 0. The molecule has 5 heteroatoms. The number of nitrogens with zero attached hydrogens (tertiary/aromatic N) is 1. The molecule has 0 saturated heterocycles. The fourth-order valence-electron chi connectivity index (χ4n) is 0.775. The van der Waals surface area contributed by atoms with Crippen LogP contribution in [0.25, 0.3) is 0 Å². The van der Waals surface area contributed by atoms with Crippen molar-refractivity contribution in [1.29, 1.82) is 0 Å². The highest BCUT2D eigenvalue weighted by atomic mass is 33.1. The Bertz CT molecular complexity index is 316. The van der Waals surface area contributed by atoms with E-state index < -0.39 is 0 Å². The molecule has 1 aromatic heterocycles. The minimum atomic E-state index is -0.338. The molecule has 1 rings (SSSR count). The summed E-state index contributed by atoms with van der Waals surface area (Å²) in [5.74, 6) is 0.844. The fourth-order valence-corrected chi connectivity index (χ4v) is 2.12. The van der Waals surface area contributed by atoms with Crippen LogP contribution in [0.5, 0.6) is 0 Å². The van der Waals surface area contributed by atoms with Crippen molar-refractivity contribution in [2.75, 3.05) is 11.7 Å². The third-order valence-electron chi connectivity index (χ3n) is 1.40. The molecular formula is C10H11NO2S2. The van der Waals surface area contributed by atoms with Gasteiger partial charge in [-0.2, -0.15) is 0 Å². The first-order valence-corrected chi connectivity index (χ1v) is 6.76. The van der Waals surface area contributed by atoms with E-state index in [1.807, 2.05) is 0 Å². The molecule has 0 radical (unpaired) electrons. The molecule has 0 aliphatic heterocycles. The smallest absolute Gasteiger partial charge is 0.340 e. The quantitative estimate of drug-likeness (QED) is 0.252. The first-order chi connectivity index (χ1) is 7.34. The molecule has 0 aliphatic rings. The lowest BCUT2D eigenvalue weighted by molar-refractivity contribution is 0.0580. The second kappa shape index (κ2) is 7.36. The Labute approximate surface area is 96.7 Å². The SMILES string of the molecule is C=CCSSCOC(=O)c1cccnc1. The number of carbonyl (C=O) groups is 1. The number of pyridine rings is 1. The van der Waals surface area contributed by atoms with Gasteiger partial charge >= 0.3 is 5.97 Å². The van der Waals surface area contributed by atoms with Crippen molar-refractivity contribution in [3.8, 4) is 0 Å². The van der Waals surface area contributed by atoms with Crippen LogP contribution in [0.3, 0.4) is 0 Å². The lowest BCUT2D eigenvalue weighted by atomic mass is 10.3. The standard InChI is InChI=1S/C10H11NO2S2/c1-2-6-14-15-8-13-10(12)9-4-3-5-11-7-9/h2-5,7H,1,6,8H2. The van der Waals surface area contributed by atoms with Crippen molar-refractivity contribution < 1.29 is 9.53 Å². The van der Waals surface area contributed by atoms with E-state index in [1.165, 1.54) is 17.0 Å². The molecule has 0 bridgehead atoms. The Hall–Kier alpha value is -0.940. The van der Waals surface area contributed by atoms with E-state index in [2.05, 4.69) is 11.6 Å². The predicted molar refractivity (Wildman–Crippen MR) is 64.8 cm³/mol. The molecule has 80 valence electrons. The molecule has 1 heterocycles. The summed E-state index contributed by atoms with van der Waals surface area (Å²) in [6, 6.07) is 3.38. The molecular weight excluding hydrogens is 230 g/mol. The van der Waals surface area contributed by atoms with Crippen LogP contribution in [0.1, 0.15) is 10.4 Å². The van der Waals surface area contributed by atoms with Gasteiger partial charge in [0.25, 0.3) is 0 Å². The van der Waals surface area contributed by atoms with Gasteiger partial charge in [0, 0.05) is 18.1 Å². The maximum Gasteiger partial charge on any atom is 0.340 e. The van der Waals surface area contributed by atoms with Crippen molar-refractivity contribution in [2.45, 2.75) is 0 Å². The van der Waals surface area contributed by atoms with Crippen LogP contribution in [0, 0.1) is 0 Å². The van der Waals surface area contributed by atoms with Gasteiger partial charge in [0.1, 0.15) is 5.94 Å². The highest BCUT2D eigenvalue weighted by molar-refractivity contribution is 8.76. The van der Waals surface area contributed by atoms with Crippen LogP contribution in [-0.4, -0.2) is 22.6 Å². The molecule has 3 nitrogen and oxygen atoms in total. The highest BCUT2D eigenvalue weighted by Crippen LogP contribution is 2.21. The number of carbonyl (C=O) groups excluding carboxylic acids is 1. The molecule has 0 amide bonds. The molecule has 0 N–H and O–H groups in total. The van der Waals surface area contributed by atoms with Crippen molar-refractivity contribution in [3.63, 3.8) is 0 Å².